The number of nitrogens with one attached hydrogen (secondary N) is 1. The summed E-state index contributed by atoms with van der Waals surface area (Å²) in [6, 6.07) is 9.79. The number of hydrogen-bond donors (Lipinski definition) is 1. The quantitative estimate of drug-likeness (QED) is 0.845. The molecule has 1 fully saturated rings. The van der Waals surface area contributed by atoms with Gasteiger partial charge in [0, 0.05) is 48.7 Å². The van der Waals surface area contributed by atoms with Crippen molar-refractivity contribution in [1.82, 2.24) is 15.2 Å². The summed E-state index contributed by atoms with van der Waals surface area (Å²) in [6.07, 6.45) is 6.03. The number of carbonyl (C=O) groups is 2. The summed E-state index contributed by atoms with van der Waals surface area (Å²) in [7, 11) is 0. The Morgan fingerprint density at radius 2 is 1.81 bits per heavy atom. The second-order valence-electron chi connectivity index (χ2n) is 6.62. The lowest BCUT2D eigenvalue weighted by atomic mass is 10.0. The van der Waals surface area contributed by atoms with E-state index in [-0.39, 0.29) is 23.7 Å². The SMILES string of the molecule is C/C(=C\C(=O)N1CCC(NC(=O)c2ccncc2)CC1)c1ccccc1F. The van der Waals surface area contributed by atoms with Crippen molar-refractivity contribution in [3.63, 3.8) is 0 Å². The second-order valence-corrected chi connectivity index (χ2v) is 6.62. The first-order chi connectivity index (χ1) is 13.0. The molecule has 2 aromatic rings. The maximum atomic E-state index is 13.8. The lowest BCUT2D eigenvalue weighted by Gasteiger charge is -2.32. The van der Waals surface area contributed by atoms with E-state index in [1.165, 1.54) is 12.1 Å². The molecule has 1 saturated heterocycles. The Kier molecular flexibility index (Phi) is 5.96. The van der Waals surface area contributed by atoms with Crippen molar-refractivity contribution < 1.29 is 14.0 Å². The molecule has 0 radical (unpaired) electrons. The van der Waals surface area contributed by atoms with E-state index in [0.29, 0.717) is 42.6 Å². The highest BCUT2D eigenvalue weighted by Crippen LogP contribution is 2.19. The van der Waals surface area contributed by atoms with Gasteiger partial charge in [0.05, 0.1) is 0 Å². The fraction of sp³-hybridized carbons (Fsp3) is 0.286. The molecule has 140 valence electrons. The first kappa shape index (κ1) is 18.8. The molecule has 27 heavy (non-hydrogen) atoms. The van der Waals surface area contributed by atoms with Gasteiger partial charge in [0.1, 0.15) is 5.82 Å². The number of amides is 2. The topological polar surface area (TPSA) is 62.3 Å². The summed E-state index contributed by atoms with van der Waals surface area (Å²) in [4.78, 5) is 30.3. The van der Waals surface area contributed by atoms with Crippen LogP contribution in [0.3, 0.4) is 0 Å². The van der Waals surface area contributed by atoms with Crippen LogP contribution >= 0.6 is 0 Å². The number of likely N-dealkylation sites (tertiary alicyclic amines) is 1. The number of nitrogens with zero attached hydrogens (tertiary/aromatic N) is 2. The molecule has 1 N–H and O–H groups in total. The second kappa shape index (κ2) is 8.58. The smallest absolute Gasteiger partial charge is 0.251 e. The predicted octanol–water partition coefficient (Wildman–Crippen LogP) is 3.05. The highest BCUT2D eigenvalue weighted by Gasteiger charge is 2.23. The molecule has 0 aliphatic carbocycles. The van der Waals surface area contributed by atoms with Gasteiger partial charge in [-0.1, -0.05) is 18.2 Å². The predicted molar refractivity (Wildman–Crippen MR) is 101 cm³/mol. The molecule has 2 amide bonds. The van der Waals surface area contributed by atoms with Crippen LogP contribution in [-0.2, 0) is 4.79 Å². The zero-order valence-electron chi connectivity index (χ0n) is 15.2. The summed E-state index contributed by atoms with van der Waals surface area (Å²) < 4.78 is 13.8. The van der Waals surface area contributed by atoms with Gasteiger partial charge in [-0.15, -0.1) is 0 Å². The van der Waals surface area contributed by atoms with E-state index < -0.39 is 0 Å². The van der Waals surface area contributed by atoms with Crippen LogP contribution < -0.4 is 5.32 Å². The maximum absolute atomic E-state index is 13.8. The maximum Gasteiger partial charge on any atom is 0.251 e. The van der Waals surface area contributed by atoms with Crippen molar-refractivity contribution in [2.24, 2.45) is 0 Å². The number of piperidine rings is 1. The number of benzene rings is 1. The number of aromatic nitrogens is 1. The van der Waals surface area contributed by atoms with Crippen LogP contribution in [0, 0.1) is 5.82 Å². The van der Waals surface area contributed by atoms with E-state index in [1.807, 2.05) is 0 Å². The number of hydrogen-bond acceptors (Lipinski definition) is 3. The Hall–Kier alpha value is -3.02. The van der Waals surface area contributed by atoms with E-state index >= 15 is 0 Å². The van der Waals surface area contributed by atoms with Crippen molar-refractivity contribution in [3.05, 3.63) is 71.8 Å². The van der Waals surface area contributed by atoms with Crippen molar-refractivity contribution in [2.45, 2.75) is 25.8 Å². The van der Waals surface area contributed by atoms with Crippen LogP contribution in [-0.4, -0.2) is 40.8 Å². The molecule has 1 aromatic carbocycles. The minimum atomic E-state index is -0.336. The van der Waals surface area contributed by atoms with Gasteiger partial charge in [0.2, 0.25) is 5.91 Å². The summed E-state index contributed by atoms with van der Waals surface area (Å²) in [5, 5.41) is 3.00. The molecule has 0 unspecified atom stereocenters. The number of allylic oxidation sites excluding steroid dienone is 1. The first-order valence-corrected chi connectivity index (χ1v) is 8.97. The zero-order valence-corrected chi connectivity index (χ0v) is 15.2. The third kappa shape index (κ3) is 4.78. The van der Waals surface area contributed by atoms with Gasteiger partial charge in [-0.25, -0.2) is 4.39 Å². The van der Waals surface area contributed by atoms with Gasteiger partial charge in [0.25, 0.3) is 5.91 Å². The van der Waals surface area contributed by atoms with Gasteiger partial charge in [0.15, 0.2) is 0 Å². The molecule has 2 heterocycles. The lowest BCUT2D eigenvalue weighted by Crippen LogP contribution is -2.46. The van der Waals surface area contributed by atoms with E-state index in [1.54, 1.807) is 54.5 Å². The number of pyridine rings is 1. The molecule has 0 saturated carbocycles. The van der Waals surface area contributed by atoms with Gasteiger partial charge < -0.3 is 10.2 Å². The Morgan fingerprint density at radius 3 is 2.48 bits per heavy atom. The summed E-state index contributed by atoms with van der Waals surface area (Å²) in [6.45, 7) is 2.85. The molecule has 6 heteroatoms. The highest BCUT2D eigenvalue weighted by molar-refractivity contribution is 5.95. The van der Waals surface area contributed by atoms with Crippen LogP contribution in [0.25, 0.3) is 5.57 Å². The Bertz CT molecular complexity index is 844. The minimum Gasteiger partial charge on any atom is -0.349 e. The molecule has 0 bridgehead atoms. The Balaban J connectivity index is 1.54. The van der Waals surface area contributed by atoms with Crippen LogP contribution in [0.15, 0.2) is 54.9 Å². The zero-order chi connectivity index (χ0) is 19.2. The summed E-state index contributed by atoms with van der Waals surface area (Å²) in [5.74, 6) is -0.594. The minimum absolute atomic E-state index is 0.0337. The molecular formula is C21H22FN3O2. The van der Waals surface area contributed by atoms with E-state index in [2.05, 4.69) is 10.3 Å². The molecule has 5 nitrogen and oxygen atoms in total. The standard InChI is InChI=1S/C21H22FN3O2/c1-15(18-4-2-3-5-19(18)22)14-20(26)25-12-8-17(9-13-25)24-21(27)16-6-10-23-11-7-16/h2-7,10-11,14,17H,8-9,12-13H2,1H3,(H,24,27)/b15-14+. The molecule has 1 aliphatic heterocycles. The average molecular weight is 367 g/mol. The largest absolute Gasteiger partial charge is 0.349 e. The molecule has 3 rings (SSSR count). The molecule has 0 spiro atoms. The van der Waals surface area contributed by atoms with Crippen molar-refractivity contribution in [1.29, 1.82) is 0 Å². The Morgan fingerprint density at radius 1 is 1.15 bits per heavy atom. The van der Waals surface area contributed by atoms with Crippen LogP contribution in [0.4, 0.5) is 4.39 Å². The average Bonchev–Trinajstić information content (AvgIpc) is 2.69. The van der Waals surface area contributed by atoms with Crippen LogP contribution in [0.2, 0.25) is 0 Å². The highest BCUT2D eigenvalue weighted by atomic mass is 19.1. The Labute approximate surface area is 157 Å². The van der Waals surface area contributed by atoms with Crippen molar-refractivity contribution >= 4 is 17.4 Å². The third-order valence-corrected chi connectivity index (χ3v) is 4.72. The number of rotatable bonds is 4. The van der Waals surface area contributed by atoms with E-state index in [4.69, 9.17) is 0 Å². The molecule has 0 atom stereocenters. The molecular weight excluding hydrogens is 345 g/mol. The van der Waals surface area contributed by atoms with Crippen molar-refractivity contribution in [3.8, 4) is 0 Å². The van der Waals surface area contributed by atoms with Gasteiger partial charge in [-0.05, 0) is 43.5 Å². The fourth-order valence-corrected chi connectivity index (χ4v) is 3.15. The first-order valence-electron chi connectivity index (χ1n) is 8.97. The lowest BCUT2D eigenvalue weighted by molar-refractivity contribution is -0.127. The number of halogens is 1. The van der Waals surface area contributed by atoms with Gasteiger partial charge >= 0.3 is 0 Å². The monoisotopic (exact) mass is 367 g/mol. The van der Waals surface area contributed by atoms with Crippen LogP contribution in [0.1, 0.15) is 35.7 Å². The van der Waals surface area contributed by atoms with Crippen molar-refractivity contribution in [2.75, 3.05) is 13.1 Å². The summed E-state index contributed by atoms with van der Waals surface area (Å²) >= 11 is 0. The third-order valence-electron chi connectivity index (χ3n) is 4.72. The van der Waals surface area contributed by atoms with Crippen LogP contribution in [0.5, 0.6) is 0 Å². The van der Waals surface area contributed by atoms with E-state index in [9.17, 15) is 14.0 Å². The van der Waals surface area contributed by atoms with E-state index in [0.717, 1.165) is 0 Å². The normalized spacial score (nSPS) is 15.5. The van der Waals surface area contributed by atoms with Gasteiger partial charge in [-0.2, -0.15) is 0 Å². The van der Waals surface area contributed by atoms with Gasteiger partial charge in [-0.3, -0.25) is 14.6 Å². The fourth-order valence-electron chi connectivity index (χ4n) is 3.15. The number of carbonyl (C=O) groups excluding carboxylic acids is 2. The molecule has 1 aliphatic rings. The molecule has 1 aromatic heterocycles. The summed E-state index contributed by atoms with van der Waals surface area (Å²) in [5.41, 5.74) is 1.61.